The maximum absolute atomic E-state index is 13.9. The molecular formula is C28H26ClN5O2S. The number of thiophene rings is 1. The first-order chi connectivity index (χ1) is 17.9. The van der Waals surface area contributed by atoms with Crippen molar-refractivity contribution in [1.29, 1.82) is 5.26 Å². The first kappa shape index (κ1) is 25.0. The van der Waals surface area contributed by atoms with E-state index in [0.29, 0.717) is 63.6 Å². The maximum Gasteiger partial charge on any atom is 0.259 e. The number of ether oxygens (including phenoxy) is 1. The Balaban J connectivity index is 1.72. The van der Waals surface area contributed by atoms with Crippen molar-refractivity contribution in [3.05, 3.63) is 70.2 Å². The lowest BCUT2D eigenvalue weighted by Crippen LogP contribution is -2.40. The lowest BCUT2D eigenvalue weighted by Gasteiger charge is -2.27. The number of pyridine rings is 1. The van der Waals surface area contributed by atoms with E-state index in [-0.39, 0.29) is 17.3 Å². The van der Waals surface area contributed by atoms with E-state index in [1.54, 1.807) is 17.0 Å². The predicted octanol–water partition coefficient (Wildman–Crippen LogP) is 6.41. The lowest BCUT2D eigenvalue weighted by molar-refractivity contribution is 0.0305. The van der Waals surface area contributed by atoms with Gasteiger partial charge < -0.3 is 20.7 Å². The average molecular weight is 532 g/mol. The van der Waals surface area contributed by atoms with Crippen LogP contribution in [0.2, 0.25) is 5.02 Å². The lowest BCUT2D eigenvalue weighted by atomic mass is 9.99. The van der Waals surface area contributed by atoms with Crippen LogP contribution >= 0.6 is 22.9 Å². The van der Waals surface area contributed by atoms with Crippen LogP contribution in [-0.4, -0.2) is 42.1 Å². The van der Waals surface area contributed by atoms with E-state index in [0.717, 1.165) is 11.3 Å². The number of nitrogens with zero attached hydrogens (tertiary/aromatic N) is 3. The number of carbonyl (C=O) groups is 1. The van der Waals surface area contributed by atoms with Crippen molar-refractivity contribution in [2.75, 3.05) is 37.4 Å². The number of nitriles is 1. The van der Waals surface area contributed by atoms with Gasteiger partial charge in [0.25, 0.3) is 5.91 Å². The van der Waals surface area contributed by atoms with E-state index < -0.39 is 0 Å². The predicted molar refractivity (Wildman–Crippen MR) is 150 cm³/mol. The highest BCUT2D eigenvalue weighted by atomic mass is 35.5. The topological polar surface area (TPSA) is 104 Å². The third-order valence-corrected chi connectivity index (χ3v) is 7.80. The summed E-state index contributed by atoms with van der Waals surface area (Å²) in [7, 11) is 0. The molecule has 188 valence electrons. The Labute approximate surface area is 224 Å². The third-order valence-electron chi connectivity index (χ3n) is 6.44. The van der Waals surface area contributed by atoms with Crippen LogP contribution in [-0.2, 0) is 4.74 Å². The summed E-state index contributed by atoms with van der Waals surface area (Å²) in [5.74, 6) is 0.353. The fourth-order valence-electron chi connectivity index (χ4n) is 4.42. The molecule has 1 saturated heterocycles. The van der Waals surface area contributed by atoms with E-state index in [9.17, 15) is 10.1 Å². The van der Waals surface area contributed by atoms with Gasteiger partial charge in [-0.2, -0.15) is 5.26 Å². The molecule has 0 saturated carbocycles. The molecule has 1 aliphatic rings. The van der Waals surface area contributed by atoms with Gasteiger partial charge >= 0.3 is 0 Å². The zero-order valence-corrected chi connectivity index (χ0v) is 22.1. The standard InChI is InChI=1S/C28H26ClN5O2S/c1-16(2)17-5-9-20(10-6-17)32-27-23(28(35)34-11-13-36-14-12-34)24-25(37-27)22(21(15-30)26(31)33-24)18-3-7-19(29)8-4-18/h3-10,16,32H,11-14H2,1-2H3,(H2,31,33). The molecule has 37 heavy (non-hydrogen) atoms. The van der Waals surface area contributed by atoms with Crippen LogP contribution in [0.1, 0.15) is 41.3 Å². The van der Waals surface area contributed by atoms with Crippen LogP contribution in [0, 0.1) is 11.3 Å². The zero-order valence-electron chi connectivity index (χ0n) is 20.5. The molecule has 2 aromatic heterocycles. The van der Waals surface area contributed by atoms with Crippen LogP contribution in [0.25, 0.3) is 21.3 Å². The number of fused-ring (bicyclic) bond motifs is 1. The second-order valence-corrected chi connectivity index (χ2v) is 10.6. The van der Waals surface area contributed by atoms with Crippen LogP contribution in [0.4, 0.5) is 16.5 Å². The first-order valence-corrected chi connectivity index (χ1v) is 13.2. The molecule has 0 unspecified atom stereocenters. The summed E-state index contributed by atoms with van der Waals surface area (Å²) in [6.07, 6.45) is 0. The number of carbonyl (C=O) groups excluding carboxylic acids is 1. The van der Waals surface area contributed by atoms with Crippen molar-refractivity contribution in [1.82, 2.24) is 9.88 Å². The van der Waals surface area contributed by atoms with Crippen molar-refractivity contribution >= 4 is 55.6 Å². The number of morpholine rings is 1. The quantitative estimate of drug-likeness (QED) is 0.308. The summed E-state index contributed by atoms with van der Waals surface area (Å²) in [5, 5.41) is 14.7. The van der Waals surface area contributed by atoms with Gasteiger partial charge in [0.2, 0.25) is 0 Å². The molecule has 2 aromatic carbocycles. The molecule has 0 spiro atoms. The molecule has 1 aliphatic heterocycles. The first-order valence-electron chi connectivity index (χ1n) is 12.0. The third kappa shape index (κ3) is 4.86. The number of halogens is 1. The molecular weight excluding hydrogens is 506 g/mol. The second kappa shape index (κ2) is 10.4. The highest BCUT2D eigenvalue weighted by Crippen LogP contribution is 2.45. The number of nitrogens with one attached hydrogen (secondary N) is 1. The number of anilines is 3. The number of nitrogens with two attached hydrogens (primary N) is 1. The summed E-state index contributed by atoms with van der Waals surface area (Å²) in [5.41, 5.74) is 11.0. The molecule has 0 aliphatic carbocycles. The van der Waals surface area contributed by atoms with Crippen LogP contribution in [0.3, 0.4) is 0 Å². The Bertz CT molecular complexity index is 1500. The molecule has 0 radical (unpaired) electrons. The number of benzene rings is 2. The Hall–Kier alpha value is -3.64. The normalized spacial score (nSPS) is 13.6. The minimum atomic E-state index is -0.144. The van der Waals surface area contributed by atoms with Crippen molar-refractivity contribution in [3.63, 3.8) is 0 Å². The average Bonchev–Trinajstić information content (AvgIpc) is 3.25. The fourth-order valence-corrected chi connectivity index (χ4v) is 5.77. The number of rotatable bonds is 5. The number of aromatic nitrogens is 1. The van der Waals surface area contributed by atoms with Gasteiger partial charge in [-0.1, -0.05) is 49.7 Å². The highest BCUT2D eigenvalue weighted by molar-refractivity contribution is 7.24. The summed E-state index contributed by atoms with van der Waals surface area (Å²) in [6, 6.07) is 17.6. The number of hydrogen-bond acceptors (Lipinski definition) is 7. The molecule has 4 aromatic rings. The molecule has 0 atom stereocenters. The van der Waals surface area contributed by atoms with Gasteiger partial charge in [0.05, 0.1) is 23.4 Å². The Morgan fingerprint density at radius 1 is 1.16 bits per heavy atom. The van der Waals surface area contributed by atoms with Gasteiger partial charge in [-0.15, -0.1) is 11.3 Å². The molecule has 3 heterocycles. The largest absolute Gasteiger partial charge is 0.383 e. The summed E-state index contributed by atoms with van der Waals surface area (Å²) in [6.45, 7) is 6.25. The SMILES string of the molecule is CC(C)c1ccc(Nc2sc3c(-c4ccc(Cl)cc4)c(C#N)c(N)nc3c2C(=O)N2CCOCC2)cc1. The Morgan fingerprint density at radius 2 is 1.84 bits per heavy atom. The monoisotopic (exact) mass is 531 g/mol. The molecule has 1 fully saturated rings. The van der Waals surface area contributed by atoms with Gasteiger partial charge in [-0.05, 0) is 41.3 Å². The van der Waals surface area contributed by atoms with E-state index in [1.807, 2.05) is 24.3 Å². The number of nitrogen functional groups attached to an aromatic ring is 1. The molecule has 9 heteroatoms. The van der Waals surface area contributed by atoms with Crippen molar-refractivity contribution < 1.29 is 9.53 Å². The molecule has 5 rings (SSSR count). The van der Waals surface area contributed by atoms with Gasteiger partial charge in [0, 0.05) is 29.4 Å². The highest BCUT2D eigenvalue weighted by Gasteiger charge is 2.29. The Morgan fingerprint density at radius 3 is 2.46 bits per heavy atom. The second-order valence-electron chi connectivity index (χ2n) is 9.16. The number of hydrogen-bond donors (Lipinski definition) is 2. The number of amides is 1. The van der Waals surface area contributed by atoms with E-state index in [1.165, 1.54) is 16.9 Å². The maximum atomic E-state index is 13.9. The van der Waals surface area contributed by atoms with Crippen LogP contribution < -0.4 is 11.1 Å². The van der Waals surface area contributed by atoms with Gasteiger partial charge in [0.1, 0.15) is 28.0 Å². The zero-order chi connectivity index (χ0) is 26.1. The van der Waals surface area contributed by atoms with E-state index >= 15 is 0 Å². The molecule has 0 bridgehead atoms. The van der Waals surface area contributed by atoms with Gasteiger partial charge in [-0.3, -0.25) is 4.79 Å². The summed E-state index contributed by atoms with van der Waals surface area (Å²) in [4.78, 5) is 20.2. The van der Waals surface area contributed by atoms with Crippen LogP contribution in [0.5, 0.6) is 0 Å². The van der Waals surface area contributed by atoms with Crippen LogP contribution in [0.15, 0.2) is 48.5 Å². The van der Waals surface area contributed by atoms with Crippen molar-refractivity contribution in [2.45, 2.75) is 19.8 Å². The van der Waals surface area contributed by atoms with Gasteiger partial charge in [0.15, 0.2) is 0 Å². The molecule has 1 amide bonds. The minimum Gasteiger partial charge on any atom is -0.383 e. The van der Waals surface area contributed by atoms with Gasteiger partial charge in [-0.25, -0.2) is 4.98 Å². The smallest absolute Gasteiger partial charge is 0.259 e. The Kier molecular flexibility index (Phi) is 7.02. The van der Waals surface area contributed by atoms with Crippen molar-refractivity contribution in [3.8, 4) is 17.2 Å². The molecule has 3 N–H and O–H groups in total. The van der Waals surface area contributed by atoms with E-state index in [2.05, 4.69) is 42.4 Å². The van der Waals surface area contributed by atoms with E-state index in [4.69, 9.17) is 22.1 Å². The fraction of sp³-hybridized carbons (Fsp3) is 0.250. The summed E-state index contributed by atoms with van der Waals surface area (Å²) >= 11 is 7.52. The summed E-state index contributed by atoms with van der Waals surface area (Å²) < 4.78 is 6.17. The van der Waals surface area contributed by atoms with Crippen molar-refractivity contribution in [2.24, 2.45) is 0 Å². The molecule has 7 nitrogen and oxygen atoms in total. The minimum absolute atomic E-state index is 0.0848.